The number of rotatable bonds is 2. The molecule has 0 aromatic carbocycles. The summed E-state index contributed by atoms with van der Waals surface area (Å²) in [5, 5.41) is 3.49. The topological polar surface area (TPSA) is 51.9 Å². The molecule has 28 heavy (non-hydrogen) atoms. The molecule has 5 heteroatoms. The lowest BCUT2D eigenvalue weighted by Gasteiger charge is -2.18. The smallest absolute Gasteiger partial charge is 0.255 e. The number of hydrogen-bond acceptors (Lipinski definition) is 3. The molecule has 0 radical (unpaired) electrons. The van der Waals surface area contributed by atoms with Crippen LogP contribution in [0.15, 0.2) is 41.5 Å². The predicted molar refractivity (Wildman–Crippen MR) is 112 cm³/mol. The van der Waals surface area contributed by atoms with E-state index in [1.54, 1.807) is 10.6 Å². The minimum absolute atomic E-state index is 0.00779. The molecular weight excluding hydrogens is 348 g/mol. The van der Waals surface area contributed by atoms with Gasteiger partial charge in [0, 0.05) is 73.4 Å². The van der Waals surface area contributed by atoms with Crippen LogP contribution in [0.3, 0.4) is 0 Å². The van der Waals surface area contributed by atoms with Crippen LogP contribution in [-0.2, 0) is 26.4 Å². The van der Waals surface area contributed by atoms with Gasteiger partial charge in [-0.15, -0.1) is 0 Å². The molecule has 3 aromatic rings. The Morgan fingerprint density at radius 1 is 1.07 bits per heavy atom. The molecule has 2 aliphatic rings. The van der Waals surface area contributed by atoms with Crippen LogP contribution in [0.5, 0.6) is 0 Å². The molecule has 0 spiro atoms. The number of aryl methyl sites for hydroxylation is 1. The first-order valence-corrected chi connectivity index (χ1v) is 9.88. The van der Waals surface area contributed by atoms with Gasteiger partial charge in [0.1, 0.15) is 0 Å². The zero-order valence-corrected chi connectivity index (χ0v) is 16.3. The maximum Gasteiger partial charge on any atom is 0.255 e. The summed E-state index contributed by atoms with van der Waals surface area (Å²) in [6, 6.07) is 7.70. The van der Waals surface area contributed by atoms with E-state index in [0.717, 1.165) is 54.9 Å². The largest absolute Gasteiger partial charge is 0.348 e. The van der Waals surface area contributed by atoms with Crippen molar-refractivity contribution in [3.8, 4) is 11.1 Å². The first-order chi connectivity index (χ1) is 13.6. The third-order valence-corrected chi connectivity index (χ3v) is 6.04. The molecule has 4 heterocycles. The molecule has 3 aromatic heterocycles. The summed E-state index contributed by atoms with van der Waals surface area (Å²) in [7, 11) is 2.15. The van der Waals surface area contributed by atoms with E-state index in [2.05, 4.69) is 28.0 Å². The van der Waals surface area contributed by atoms with Crippen molar-refractivity contribution < 1.29 is 0 Å². The van der Waals surface area contributed by atoms with Crippen LogP contribution < -0.4 is 10.9 Å². The van der Waals surface area contributed by atoms with E-state index in [1.165, 1.54) is 22.5 Å². The van der Waals surface area contributed by atoms with E-state index >= 15 is 0 Å². The first-order valence-electron chi connectivity index (χ1n) is 9.88. The van der Waals surface area contributed by atoms with Crippen molar-refractivity contribution in [3.63, 3.8) is 0 Å². The number of fused-ring (bicyclic) bond motifs is 3. The Labute approximate surface area is 164 Å². The lowest BCUT2D eigenvalue weighted by atomic mass is 9.95. The molecular formula is C23H24N4O. The van der Waals surface area contributed by atoms with Crippen molar-refractivity contribution in [1.29, 1.82) is 0 Å². The van der Waals surface area contributed by atoms with Gasteiger partial charge in [-0.1, -0.05) is 6.07 Å². The monoisotopic (exact) mass is 372 g/mol. The Morgan fingerprint density at radius 3 is 2.75 bits per heavy atom. The fraction of sp³-hybridized carbons (Fsp3) is 0.304. The second kappa shape index (κ2) is 6.60. The lowest BCUT2D eigenvalue weighted by Crippen LogP contribution is -2.24. The number of pyridine rings is 2. The summed E-state index contributed by atoms with van der Waals surface area (Å²) < 4.78 is 4.11. The van der Waals surface area contributed by atoms with E-state index in [4.69, 9.17) is 0 Å². The number of aromatic nitrogens is 3. The molecule has 0 atom stereocenters. The summed E-state index contributed by atoms with van der Waals surface area (Å²) in [6.45, 7) is 3.96. The molecule has 1 N–H and O–H groups in total. The molecule has 0 amide bonds. The van der Waals surface area contributed by atoms with Crippen molar-refractivity contribution in [2.24, 2.45) is 7.05 Å². The van der Waals surface area contributed by atoms with Crippen LogP contribution in [0.1, 0.15) is 34.6 Å². The van der Waals surface area contributed by atoms with E-state index in [-0.39, 0.29) is 5.56 Å². The Bertz CT molecular complexity index is 1150. The summed E-state index contributed by atoms with van der Waals surface area (Å²) in [5.41, 5.74) is 9.54. The second-order valence-electron chi connectivity index (χ2n) is 7.72. The van der Waals surface area contributed by atoms with Gasteiger partial charge in [-0.05, 0) is 54.7 Å². The van der Waals surface area contributed by atoms with Crippen molar-refractivity contribution in [2.75, 3.05) is 6.54 Å². The van der Waals surface area contributed by atoms with Gasteiger partial charge in [0.15, 0.2) is 0 Å². The Morgan fingerprint density at radius 2 is 1.96 bits per heavy atom. The molecule has 1 aliphatic heterocycles. The van der Waals surface area contributed by atoms with Gasteiger partial charge in [-0.3, -0.25) is 14.3 Å². The average molecular weight is 372 g/mol. The molecule has 0 fully saturated rings. The fourth-order valence-electron chi connectivity index (χ4n) is 4.50. The van der Waals surface area contributed by atoms with Gasteiger partial charge in [0.2, 0.25) is 0 Å². The van der Waals surface area contributed by atoms with Crippen LogP contribution in [0.25, 0.3) is 22.9 Å². The minimum Gasteiger partial charge on any atom is -0.348 e. The summed E-state index contributed by atoms with van der Waals surface area (Å²) in [5.74, 6) is 0. The molecule has 5 nitrogen and oxygen atoms in total. The molecule has 0 bridgehead atoms. The second-order valence-corrected chi connectivity index (χ2v) is 7.72. The zero-order chi connectivity index (χ0) is 19.3. The first kappa shape index (κ1) is 17.2. The summed E-state index contributed by atoms with van der Waals surface area (Å²) in [6.07, 6.45) is 8.87. The van der Waals surface area contributed by atoms with Gasteiger partial charge in [-0.25, -0.2) is 0 Å². The highest BCUT2D eigenvalue weighted by Crippen LogP contribution is 2.33. The van der Waals surface area contributed by atoms with Crippen molar-refractivity contribution >= 4 is 11.8 Å². The zero-order valence-electron chi connectivity index (χ0n) is 16.3. The van der Waals surface area contributed by atoms with Crippen molar-refractivity contribution in [1.82, 2.24) is 19.4 Å². The van der Waals surface area contributed by atoms with Gasteiger partial charge in [0.05, 0.1) is 0 Å². The Hall–Kier alpha value is -2.92. The fourth-order valence-corrected chi connectivity index (χ4v) is 4.50. The van der Waals surface area contributed by atoms with E-state index in [0.29, 0.717) is 0 Å². The van der Waals surface area contributed by atoms with E-state index < -0.39 is 0 Å². The SMILES string of the molecule is Cc1ccc(-c2ccn(C3=Cc4c(c5c(n4C)CCNC5)CC3)c(=O)c2)cn1. The molecule has 5 rings (SSSR count). The number of allylic oxidation sites excluding steroid dienone is 1. The van der Waals surface area contributed by atoms with Crippen LogP contribution in [0.4, 0.5) is 0 Å². The van der Waals surface area contributed by atoms with E-state index in [1.807, 2.05) is 37.5 Å². The summed E-state index contributed by atoms with van der Waals surface area (Å²) in [4.78, 5) is 17.2. The van der Waals surface area contributed by atoms with Gasteiger partial charge < -0.3 is 9.88 Å². The molecule has 0 saturated carbocycles. The summed E-state index contributed by atoms with van der Waals surface area (Å²) >= 11 is 0. The highest BCUT2D eigenvalue weighted by atomic mass is 16.1. The Kier molecular flexibility index (Phi) is 4.05. The van der Waals surface area contributed by atoms with Crippen LogP contribution in [-0.4, -0.2) is 20.7 Å². The number of hydrogen-bond donors (Lipinski definition) is 1. The minimum atomic E-state index is 0.00779. The molecule has 142 valence electrons. The van der Waals surface area contributed by atoms with Crippen molar-refractivity contribution in [2.45, 2.75) is 32.7 Å². The third-order valence-electron chi connectivity index (χ3n) is 6.04. The number of nitrogens with zero attached hydrogens (tertiary/aromatic N) is 3. The molecule has 0 unspecified atom stereocenters. The van der Waals surface area contributed by atoms with Crippen LogP contribution in [0, 0.1) is 6.92 Å². The van der Waals surface area contributed by atoms with Crippen LogP contribution in [0.2, 0.25) is 0 Å². The molecule has 1 aliphatic carbocycles. The average Bonchev–Trinajstić information content (AvgIpc) is 3.01. The maximum atomic E-state index is 12.9. The molecule has 0 saturated heterocycles. The standard InChI is InChI=1S/C23H24N4O/c1-15-3-4-17(13-25-15)16-8-10-27(23(28)11-16)18-5-6-19-20-14-24-9-7-21(20)26(2)22(19)12-18/h3-4,8,10-13,24H,5-7,9,14H2,1-2H3. The quantitative estimate of drug-likeness (QED) is 0.752. The lowest BCUT2D eigenvalue weighted by molar-refractivity contribution is 0.615. The number of nitrogens with one attached hydrogen (secondary N) is 1. The van der Waals surface area contributed by atoms with Gasteiger partial charge in [0.25, 0.3) is 5.56 Å². The van der Waals surface area contributed by atoms with Gasteiger partial charge in [-0.2, -0.15) is 0 Å². The highest BCUT2D eigenvalue weighted by molar-refractivity contribution is 5.76. The third kappa shape index (κ3) is 2.74. The van der Waals surface area contributed by atoms with Crippen molar-refractivity contribution in [3.05, 3.63) is 75.2 Å². The maximum absolute atomic E-state index is 12.9. The van der Waals surface area contributed by atoms with Crippen LogP contribution >= 0.6 is 0 Å². The van der Waals surface area contributed by atoms with E-state index in [9.17, 15) is 4.79 Å². The Balaban J connectivity index is 1.54. The normalized spacial score (nSPS) is 15.7. The predicted octanol–water partition coefficient (Wildman–Crippen LogP) is 3.15. The van der Waals surface area contributed by atoms with Gasteiger partial charge >= 0.3 is 0 Å². The highest BCUT2D eigenvalue weighted by Gasteiger charge is 2.25.